The number of nitrogens with one attached hydrogen (secondary N) is 2. The van der Waals surface area contributed by atoms with Crippen molar-refractivity contribution < 1.29 is 4.79 Å². The van der Waals surface area contributed by atoms with Crippen LogP contribution in [0.1, 0.15) is 35.4 Å². The number of carbonyl (C=O) groups excluding carboxylic acids is 1. The largest absolute Gasteiger partial charge is 0.385 e. The monoisotopic (exact) mass is 287 g/mol. The Morgan fingerprint density at radius 3 is 2.62 bits per heavy atom. The second-order valence-electron chi connectivity index (χ2n) is 5.00. The highest BCUT2D eigenvalue weighted by molar-refractivity contribution is 5.94. The molecule has 112 valence electrons. The molecule has 0 bridgehead atoms. The fraction of sp³-hybridized carbons (Fsp3) is 0.400. The molecule has 0 aliphatic rings. The van der Waals surface area contributed by atoms with Gasteiger partial charge in [-0.1, -0.05) is 6.92 Å². The summed E-state index contributed by atoms with van der Waals surface area (Å²) >= 11 is 0. The molecule has 0 atom stereocenters. The van der Waals surface area contributed by atoms with Crippen molar-refractivity contribution in [2.24, 2.45) is 0 Å². The highest BCUT2D eigenvalue weighted by atomic mass is 16.2. The van der Waals surface area contributed by atoms with Gasteiger partial charge in [0.1, 0.15) is 5.82 Å². The first-order chi connectivity index (χ1) is 10.1. The second-order valence-corrected chi connectivity index (χ2v) is 5.00. The third-order valence-corrected chi connectivity index (χ3v) is 3.08. The fourth-order valence-electron chi connectivity index (χ4n) is 1.96. The highest BCUT2D eigenvalue weighted by Crippen LogP contribution is 2.12. The van der Waals surface area contributed by atoms with E-state index in [1.165, 1.54) is 0 Å². The molecule has 1 aromatic carbocycles. The number of hydrogen-bond donors (Lipinski definition) is 2. The minimum atomic E-state index is -0.0421. The van der Waals surface area contributed by atoms with Crippen LogP contribution in [0.5, 0.6) is 0 Å². The molecule has 2 N–H and O–H groups in total. The number of aryl methyl sites for hydroxylation is 1. The lowest BCUT2D eigenvalue weighted by Crippen LogP contribution is -2.26. The van der Waals surface area contributed by atoms with E-state index in [0.717, 1.165) is 24.5 Å². The normalized spacial score (nSPS) is 10.4. The van der Waals surface area contributed by atoms with Crippen LogP contribution in [0.25, 0.3) is 0 Å². The first kappa shape index (κ1) is 15.0. The molecule has 2 aromatic rings. The number of amides is 1. The number of nitrogens with zero attached hydrogens (tertiary/aromatic N) is 3. The molecule has 0 saturated heterocycles. The molecule has 2 rings (SSSR count). The first-order valence-corrected chi connectivity index (χ1v) is 7.07. The number of carbonyl (C=O) groups is 1. The third kappa shape index (κ3) is 4.05. The standard InChI is InChI=1S/C15H21N5O/c1-4-9-16-13-7-5-12(6-8-13)15(21)20(3)10-14-17-11(2)18-19-14/h5-8,16H,4,9-10H2,1-3H3,(H,17,18,19). The number of benzene rings is 1. The van der Waals surface area contributed by atoms with Crippen molar-refractivity contribution in [3.8, 4) is 0 Å². The summed E-state index contributed by atoms with van der Waals surface area (Å²) in [6.07, 6.45) is 1.07. The van der Waals surface area contributed by atoms with Crippen molar-refractivity contribution in [2.45, 2.75) is 26.8 Å². The predicted octanol–water partition coefficient (Wildman–Crippen LogP) is 2.21. The van der Waals surface area contributed by atoms with E-state index >= 15 is 0 Å². The Hall–Kier alpha value is -2.37. The number of aromatic nitrogens is 3. The van der Waals surface area contributed by atoms with Crippen molar-refractivity contribution in [3.05, 3.63) is 41.5 Å². The quantitative estimate of drug-likeness (QED) is 0.854. The number of anilines is 1. The topological polar surface area (TPSA) is 73.9 Å². The lowest BCUT2D eigenvalue weighted by molar-refractivity contribution is 0.0781. The van der Waals surface area contributed by atoms with Crippen LogP contribution in [-0.4, -0.2) is 39.6 Å². The molecular formula is C15H21N5O. The maximum Gasteiger partial charge on any atom is 0.254 e. The molecule has 0 saturated carbocycles. The van der Waals surface area contributed by atoms with E-state index < -0.39 is 0 Å². The zero-order valence-electron chi connectivity index (χ0n) is 12.7. The molecule has 0 aliphatic carbocycles. The lowest BCUT2D eigenvalue weighted by Gasteiger charge is -2.15. The van der Waals surface area contributed by atoms with Crippen LogP contribution >= 0.6 is 0 Å². The molecule has 0 spiro atoms. The summed E-state index contributed by atoms with van der Waals surface area (Å²) in [5.41, 5.74) is 1.69. The summed E-state index contributed by atoms with van der Waals surface area (Å²) in [7, 11) is 1.75. The third-order valence-electron chi connectivity index (χ3n) is 3.08. The van der Waals surface area contributed by atoms with Crippen LogP contribution in [0.15, 0.2) is 24.3 Å². The van der Waals surface area contributed by atoms with Gasteiger partial charge in [-0.05, 0) is 37.6 Å². The summed E-state index contributed by atoms with van der Waals surface area (Å²) in [5, 5.41) is 10.1. The maximum absolute atomic E-state index is 12.3. The Kier molecular flexibility index (Phi) is 4.92. The van der Waals surface area contributed by atoms with Crippen LogP contribution in [0.4, 0.5) is 5.69 Å². The molecule has 6 heteroatoms. The molecule has 0 radical (unpaired) electrons. The van der Waals surface area contributed by atoms with Crippen LogP contribution in [-0.2, 0) is 6.54 Å². The van der Waals surface area contributed by atoms with Crippen molar-refractivity contribution in [3.63, 3.8) is 0 Å². The van der Waals surface area contributed by atoms with E-state index in [-0.39, 0.29) is 5.91 Å². The number of hydrogen-bond acceptors (Lipinski definition) is 4. The van der Waals surface area contributed by atoms with Crippen molar-refractivity contribution >= 4 is 11.6 Å². The van der Waals surface area contributed by atoms with Gasteiger partial charge in [-0.15, -0.1) is 0 Å². The molecule has 0 fully saturated rings. The molecule has 21 heavy (non-hydrogen) atoms. The van der Waals surface area contributed by atoms with E-state index in [1.54, 1.807) is 11.9 Å². The molecule has 1 heterocycles. The van der Waals surface area contributed by atoms with Crippen LogP contribution < -0.4 is 5.32 Å². The average molecular weight is 287 g/mol. The number of rotatable bonds is 6. The molecule has 1 amide bonds. The molecule has 0 unspecified atom stereocenters. The van der Waals surface area contributed by atoms with Gasteiger partial charge >= 0.3 is 0 Å². The predicted molar refractivity (Wildman–Crippen MR) is 82.1 cm³/mol. The average Bonchev–Trinajstić information content (AvgIpc) is 2.90. The van der Waals surface area contributed by atoms with Gasteiger partial charge in [0.15, 0.2) is 5.82 Å². The summed E-state index contributed by atoms with van der Waals surface area (Å²) in [5.74, 6) is 1.32. The summed E-state index contributed by atoms with van der Waals surface area (Å²) in [6.45, 7) is 5.27. The zero-order chi connectivity index (χ0) is 15.2. The van der Waals surface area contributed by atoms with Crippen LogP contribution in [0, 0.1) is 6.92 Å². The highest BCUT2D eigenvalue weighted by Gasteiger charge is 2.13. The van der Waals surface area contributed by atoms with Gasteiger partial charge in [0.2, 0.25) is 0 Å². The first-order valence-electron chi connectivity index (χ1n) is 7.07. The van der Waals surface area contributed by atoms with E-state index in [1.807, 2.05) is 31.2 Å². The number of H-pyrrole nitrogens is 1. The van der Waals surface area contributed by atoms with E-state index in [0.29, 0.717) is 17.9 Å². The summed E-state index contributed by atoms with van der Waals surface area (Å²) < 4.78 is 0. The van der Waals surface area contributed by atoms with Gasteiger partial charge in [0, 0.05) is 24.8 Å². The zero-order valence-corrected chi connectivity index (χ0v) is 12.7. The molecule has 6 nitrogen and oxygen atoms in total. The fourth-order valence-corrected chi connectivity index (χ4v) is 1.96. The SMILES string of the molecule is CCCNc1ccc(C(=O)N(C)Cc2n[nH]c(C)n2)cc1. The van der Waals surface area contributed by atoms with Crippen LogP contribution in [0.2, 0.25) is 0 Å². The van der Waals surface area contributed by atoms with E-state index in [4.69, 9.17) is 0 Å². The van der Waals surface area contributed by atoms with Gasteiger partial charge in [0.05, 0.1) is 6.54 Å². The smallest absolute Gasteiger partial charge is 0.254 e. The van der Waals surface area contributed by atoms with E-state index in [2.05, 4.69) is 27.4 Å². The molecular weight excluding hydrogens is 266 g/mol. The van der Waals surface area contributed by atoms with Crippen molar-refractivity contribution in [1.82, 2.24) is 20.1 Å². The summed E-state index contributed by atoms with van der Waals surface area (Å²) in [6, 6.07) is 7.52. The Balaban J connectivity index is 1.98. The van der Waals surface area contributed by atoms with Gasteiger partial charge in [0.25, 0.3) is 5.91 Å². The minimum Gasteiger partial charge on any atom is -0.385 e. The second kappa shape index (κ2) is 6.88. The maximum atomic E-state index is 12.3. The van der Waals surface area contributed by atoms with Gasteiger partial charge in [-0.25, -0.2) is 4.98 Å². The Labute approximate surface area is 124 Å². The Bertz CT molecular complexity index is 590. The lowest BCUT2D eigenvalue weighted by atomic mass is 10.2. The Morgan fingerprint density at radius 2 is 2.05 bits per heavy atom. The van der Waals surface area contributed by atoms with Gasteiger partial charge in [-0.2, -0.15) is 5.10 Å². The van der Waals surface area contributed by atoms with Crippen molar-refractivity contribution in [1.29, 1.82) is 0 Å². The number of aromatic amines is 1. The molecule has 1 aromatic heterocycles. The van der Waals surface area contributed by atoms with E-state index in [9.17, 15) is 4.79 Å². The van der Waals surface area contributed by atoms with Crippen molar-refractivity contribution in [2.75, 3.05) is 18.9 Å². The van der Waals surface area contributed by atoms with Crippen LogP contribution in [0.3, 0.4) is 0 Å². The van der Waals surface area contributed by atoms with Gasteiger partial charge in [-0.3, -0.25) is 9.89 Å². The van der Waals surface area contributed by atoms with Gasteiger partial charge < -0.3 is 10.2 Å². The Morgan fingerprint density at radius 1 is 1.33 bits per heavy atom. The minimum absolute atomic E-state index is 0.0421. The summed E-state index contributed by atoms with van der Waals surface area (Å²) in [4.78, 5) is 18.1. The molecule has 0 aliphatic heterocycles.